The van der Waals surface area contributed by atoms with Crippen LogP contribution in [0.25, 0.3) is 0 Å². The van der Waals surface area contributed by atoms with E-state index in [1.807, 2.05) is 6.11 Å². The molecule has 0 unspecified atom stereocenters. The van der Waals surface area contributed by atoms with E-state index in [1.54, 1.807) is 0 Å². The third kappa shape index (κ3) is 15.2. The first-order valence-corrected chi connectivity index (χ1v) is 7.73. The Bertz CT molecular complexity index is 339. The van der Waals surface area contributed by atoms with Gasteiger partial charge in [-0.3, -0.25) is 9.44 Å². The maximum Gasteiger partial charge on any atom is 0.433 e. The van der Waals surface area contributed by atoms with Gasteiger partial charge in [0, 0.05) is 6.42 Å². The second-order valence-corrected chi connectivity index (χ2v) is 5.07. The molecule has 0 rings (SSSR count). The maximum absolute atomic E-state index is 10.1. The Morgan fingerprint density at radius 3 is 2.11 bits per heavy atom. The van der Waals surface area contributed by atoms with Crippen LogP contribution in [0.2, 0.25) is 0 Å². The molecule has 106 valence electrons. The fourth-order valence-electron chi connectivity index (χ4n) is 1.49. The normalized spacial score (nSPS) is 10.8. The van der Waals surface area contributed by atoms with E-state index >= 15 is 0 Å². The lowest BCUT2D eigenvalue weighted by Crippen LogP contribution is -2.01. The number of hydrogen-bond donors (Lipinski definition) is 1. The van der Waals surface area contributed by atoms with Gasteiger partial charge in [0.05, 0.1) is 0 Å². The molecule has 0 fully saturated rings. The van der Waals surface area contributed by atoms with Crippen LogP contribution < -0.4 is 0 Å². The van der Waals surface area contributed by atoms with Crippen LogP contribution in [0.5, 0.6) is 0 Å². The summed E-state index contributed by atoms with van der Waals surface area (Å²) in [6, 6.07) is 0. The first-order valence-electron chi connectivity index (χ1n) is 6.36. The van der Waals surface area contributed by atoms with Crippen molar-refractivity contribution in [2.45, 2.75) is 64.7 Å². The smallest absolute Gasteiger partial charge is 0.264 e. The molecule has 0 radical (unpaired) electrons. The lowest BCUT2D eigenvalue weighted by Gasteiger charge is -1.99. The largest absolute Gasteiger partial charge is 0.433 e. The van der Waals surface area contributed by atoms with Crippen molar-refractivity contribution >= 4 is 10.4 Å². The zero-order valence-corrected chi connectivity index (χ0v) is 11.7. The van der Waals surface area contributed by atoms with Gasteiger partial charge in [-0.15, -0.1) is 0 Å². The number of unbranched alkanes of at least 4 members (excludes halogenated alkanes) is 8. The Hall–Kier alpha value is -0.770. The molecule has 0 aliphatic heterocycles. The molecule has 1 N–H and O–H groups in total. The van der Waals surface area contributed by atoms with Crippen molar-refractivity contribution in [2.75, 3.05) is 0 Å². The van der Waals surface area contributed by atoms with Gasteiger partial charge in [-0.05, 0) is 10.8 Å². The summed E-state index contributed by atoms with van der Waals surface area (Å²) in [7, 11) is -4.56. The summed E-state index contributed by atoms with van der Waals surface area (Å²) in [5.41, 5.74) is 0. The second-order valence-electron chi connectivity index (χ2n) is 4.08. The zero-order valence-electron chi connectivity index (χ0n) is 10.9. The molecule has 0 bridgehead atoms. The van der Waals surface area contributed by atoms with Crippen LogP contribution in [-0.2, 0) is 19.6 Å². The van der Waals surface area contributed by atoms with Gasteiger partial charge in [0.15, 0.2) is 6.11 Å². The van der Waals surface area contributed by atoms with Crippen LogP contribution in [0.1, 0.15) is 64.7 Å². The summed E-state index contributed by atoms with van der Waals surface area (Å²) in [5, 5.41) is 0. The lowest BCUT2D eigenvalue weighted by molar-refractivity contribution is -0.135. The van der Waals surface area contributed by atoms with Gasteiger partial charge in [-0.1, -0.05) is 57.8 Å². The van der Waals surface area contributed by atoms with E-state index in [0.717, 1.165) is 12.8 Å². The topological polar surface area (TPSA) is 72.8 Å². The lowest BCUT2D eigenvalue weighted by atomic mass is 10.1. The van der Waals surface area contributed by atoms with Crippen molar-refractivity contribution in [1.82, 2.24) is 0 Å². The Labute approximate surface area is 110 Å². The van der Waals surface area contributed by atoms with Gasteiger partial charge in [0.2, 0.25) is 0 Å². The summed E-state index contributed by atoms with van der Waals surface area (Å²) < 4.78 is 31.8. The van der Waals surface area contributed by atoms with Crippen molar-refractivity contribution in [1.29, 1.82) is 0 Å². The maximum atomic E-state index is 10.1. The SMILES string of the molecule is CCCCCCCCCCC#COOS(=O)(=O)O. The molecule has 5 nitrogen and oxygen atoms in total. The fourth-order valence-corrected chi connectivity index (χ4v) is 1.61. The van der Waals surface area contributed by atoms with E-state index in [4.69, 9.17) is 4.55 Å². The average Bonchev–Trinajstić information content (AvgIpc) is 2.29. The molecule has 0 heterocycles. The highest BCUT2D eigenvalue weighted by atomic mass is 32.3. The summed E-state index contributed by atoms with van der Waals surface area (Å²) in [4.78, 5) is 3.97. The van der Waals surface area contributed by atoms with Crippen LogP contribution in [0.3, 0.4) is 0 Å². The molecule has 0 atom stereocenters. The second kappa shape index (κ2) is 11.3. The van der Waals surface area contributed by atoms with Crippen LogP contribution in [0.15, 0.2) is 0 Å². The molecule has 0 aliphatic rings. The predicted molar refractivity (Wildman–Crippen MR) is 68.7 cm³/mol. The van der Waals surface area contributed by atoms with Gasteiger partial charge in [-0.2, -0.15) is 8.42 Å². The number of hydrogen-bond acceptors (Lipinski definition) is 4. The van der Waals surface area contributed by atoms with Crippen LogP contribution in [0, 0.1) is 12.0 Å². The van der Waals surface area contributed by atoms with Crippen molar-refractivity contribution < 1.29 is 22.2 Å². The molecule has 0 saturated heterocycles. The summed E-state index contributed by atoms with van der Waals surface area (Å²) in [6.45, 7) is 2.20. The molecule has 0 aromatic rings. The van der Waals surface area contributed by atoms with Gasteiger partial charge in [0.1, 0.15) is 0 Å². The van der Waals surface area contributed by atoms with Gasteiger partial charge < -0.3 is 0 Å². The van der Waals surface area contributed by atoms with Crippen LogP contribution in [-0.4, -0.2) is 13.0 Å². The van der Waals surface area contributed by atoms with E-state index in [9.17, 15) is 8.42 Å². The van der Waals surface area contributed by atoms with Crippen LogP contribution >= 0.6 is 0 Å². The fraction of sp³-hybridized carbons (Fsp3) is 0.833. The summed E-state index contributed by atoms with van der Waals surface area (Å²) >= 11 is 0. The molecule has 0 spiro atoms. The molecular weight excluding hydrogens is 256 g/mol. The Morgan fingerprint density at radius 2 is 1.56 bits per heavy atom. The zero-order chi connectivity index (χ0) is 13.7. The van der Waals surface area contributed by atoms with Crippen molar-refractivity contribution in [3.63, 3.8) is 0 Å². The van der Waals surface area contributed by atoms with Gasteiger partial charge >= 0.3 is 10.4 Å². The van der Waals surface area contributed by atoms with Crippen molar-refractivity contribution in [3.05, 3.63) is 0 Å². The third-order valence-electron chi connectivity index (χ3n) is 2.39. The first kappa shape index (κ1) is 17.2. The van der Waals surface area contributed by atoms with Gasteiger partial charge in [-0.25, -0.2) is 0 Å². The van der Waals surface area contributed by atoms with Gasteiger partial charge in [0.25, 0.3) is 0 Å². The Morgan fingerprint density at radius 1 is 1.00 bits per heavy atom. The summed E-state index contributed by atoms with van der Waals surface area (Å²) in [5.74, 6) is 2.60. The monoisotopic (exact) mass is 278 g/mol. The van der Waals surface area contributed by atoms with E-state index in [2.05, 4.69) is 22.1 Å². The predicted octanol–water partition coefficient (Wildman–Crippen LogP) is 3.23. The Balaban J connectivity index is 3.23. The molecule has 0 amide bonds. The molecular formula is C12H22O5S. The molecule has 0 aliphatic carbocycles. The quantitative estimate of drug-likeness (QED) is 0.218. The highest BCUT2D eigenvalue weighted by Crippen LogP contribution is 2.09. The molecule has 0 saturated carbocycles. The summed E-state index contributed by atoms with van der Waals surface area (Å²) in [6.07, 6.45) is 12.4. The van der Waals surface area contributed by atoms with E-state index < -0.39 is 10.4 Å². The molecule has 18 heavy (non-hydrogen) atoms. The minimum absolute atomic E-state index is 0.629. The van der Waals surface area contributed by atoms with E-state index in [1.165, 1.54) is 38.5 Å². The molecule has 6 heteroatoms. The van der Waals surface area contributed by atoms with E-state index in [-0.39, 0.29) is 0 Å². The third-order valence-corrected chi connectivity index (χ3v) is 2.63. The van der Waals surface area contributed by atoms with Crippen molar-refractivity contribution in [3.8, 4) is 12.0 Å². The van der Waals surface area contributed by atoms with Crippen molar-refractivity contribution in [2.24, 2.45) is 0 Å². The standard InChI is InChI=1S/C12H22O5S/c1-2-3-4-5-6-7-8-9-10-11-12-16-17-18(13,14)15/h2-10H2,1H3,(H,13,14,15). The molecule has 0 aromatic carbocycles. The average molecular weight is 278 g/mol. The Kier molecular flexibility index (Phi) is 10.8. The minimum atomic E-state index is -4.56. The highest BCUT2D eigenvalue weighted by molar-refractivity contribution is 7.80. The molecule has 0 aromatic heterocycles. The minimum Gasteiger partial charge on any atom is -0.264 e. The highest BCUT2D eigenvalue weighted by Gasteiger charge is 2.03. The number of rotatable bonds is 10. The van der Waals surface area contributed by atoms with E-state index in [0.29, 0.717) is 6.42 Å². The van der Waals surface area contributed by atoms with Crippen LogP contribution in [0.4, 0.5) is 0 Å². The first-order chi connectivity index (χ1) is 8.56.